The summed E-state index contributed by atoms with van der Waals surface area (Å²) in [6.45, 7) is 0. The molecule has 0 aliphatic carbocycles. The first-order valence-corrected chi connectivity index (χ1v) is 7.70. The summed E-state index contributed by atoms with van der Waals surface area (Å²) < 4.78 is 10.3. The highest BCUT2D eigenvalue weighted by atomic mass is 32.1. The molecule has 2 aromatic rings. The van der Waals surface area contributed by atoms with Gasteiger partial charge in [-0.2, -0.15) is 0 Å². The van der Waals surface area contributed by atoms with Gasteiger partial charge in [0.2, 0.25) is 6.39 Å². The molecule has 4 heterocycles. The van der Waals surface area contributed by atoms with E-state index in [4.69, 9.17) is 9.15 Å². The third kappa shape index (κ3) is 2.52. The van der Waals surface area contributed by atoms with Gasteiger partial charge in [0.25, 0.3) is 5.91 Å². The van der Waals surface area contributed by atoms with Crippen LogP contribution < -0.4 is 15.4 Å². The largest absolute Gasteiger partial charge is 0.420 e. The average Bonchev–Trinajstić information content (AvgIpc) is 3.24. The second-order valence-corrected chi connectivity index (χ2v) is 6.33. The Morgan fingerprint density at radius 3 is 3.14 bits per heavy atom. The van der Waals surface area contributed by atoms with Crippen molar-refractivity contribution in [3.05, 3.63) is 23.4 Å². The molecule has 2 aliphatic rings. The first-order chi connectivity index (χ1) is 10.3. The standard InChI is InChI=1S/C13H14N4O3S/c18-12(16-9-5-7-1-2-8(9)15-7)10-3-4-11(21-10)20-13-17-14-6-19-13/h3-4,6-9,15H,1-2,5H2,(H,16,18)/t7-,8+,9-/m1/s1. The van der Waals surface area contributed by atoms with Crippen molar-refractivity contribution < 1.29 is 13.9 Å². The van der Waals surface area contributed by atoms with Crippen molar-refractivity contribution in [2.75, 3.05) is 0 Å². The van der Waals surface area contributed by atoms with Crippen molar-refractivity contribution in [1.29, 1.82) is 0 Å². The van der Waals surface area contributed by atoms with Gasteiger partial charge in [-0.3, -0.25) is 4.79 Å². The van der Waals surface area contributed by atoms with Crippen LogP contribution in [-0.4, -0.2) is 34.2 Å². The highest BCUT2D eigenvalue weighted by molar-refractivity contribution is 7.15. The fourth-order valence-electron chi connectivity index (χ4n) is 3.01. The zero-order valence-electron chi connectivity index (χ0n) is 11.1. The molecule has 0 aromatic carbocycles. The molecule has 4 rings (SSSR count). The number of aromatic nitrogens is 2. The Hall–Kier alpha value is -1.93. The number of fused-ring (bicyclic) bond motifs is 2. The van der Waals surface area contributed by atoms with Gasteiger partial charge in [0.1, 0.15) is 0 Å². The molecule has 2 N–H and O–H groups in total. The molecular weight excluding hydrogens is 292 g/mol. The van der Waals surface area contributed by atoms with Gasteiger partial charge < -0.3 is 19.8 Å². The molecule has 0 unspecified atom stereocenters. The number of hydrogen-bond acceptors (Lipinski definition) is 7. The second kappa shape index (κ2) is 5.12. The highest BCUT2D eigenvalue weighted by Gasteiger charge is 2.39. The van der Waals surface area contributed by atoms with Crippen LogP contribution >= 0.6 is 11.3 Å². The molecule has 3 atom stereocenters. The van der Waals surface area contributed by atoms with E-state index in [0.717, 1.165) is 12.8 Å². The summed E-state index contributed by atoms with van der Waals surface area (Å²) in [4.78, 5) is 12.9. The molecule has 8 heteroatoms. The normalized spacial score (nSPS) is 27.0. The van der Waals surface area contributed by atoms with Crippen LogP contribution in [0.5, 0.6) is 11.1 Å². The monoisotopic (exact) mass is 306 g/mol. The Morgan fingerprint density at radius 2 is 2.43 bits per heavy atom. The van der Waals surface area contributed by atoms with Gasteiger partial charge in [-0.1, -0.05) is 16.4 Å². The molecule has 21 heavy (non-hydrogen) atoms. The van der Waals surface area contributed by atoms with Crippen LogP contribution in [0.4, 0.5) is 0 Å². The minimum absolute atomic E-state index is 0.0558. The average molecular weight is 306 g/mol. The maximum absolute atomic E-state index is 12.3. The topological polar surface area (TPSA) is 89.3 Å². The number of rotatable bonds is 4. The van der Waals surface area contributed by atoms with E-state index in [-0.39, 0.29) is 18.0 Å². The summed E-state index contributed by atoms with van der Waals surface area (Å²) in [6, 6.07) is 4.70. The first-order valence-electron chi connectivity index (χ1n) is 6.89. The summed E-state index contributed by atoms with van der Waals surface area (Å²) in [7, 11) is 0. The van der Waals surface area contributed by atoms with E-state index in [1.54, 1.807) is 12.1 Å². The maximum atomic E-state index is 12.3. The number of ether oxygens (including phenoxy) is 1. The lowest BCUT2D eigenvalue weighted by atomic mass is 9.95. The Balaban J connectivity index is 1.39. The number of thiophene rings is 1. The van der Waals surface area contributed by atoms with E-state index in [2.05, 4.69) is 20.8 Å². The fourth-order valence-corrected chi connectivity index (χ4v) is 3.77. The summed E-state index contributed by atoms with van der Waals surface area (Å²) in [5, 5.41) is 14.3. The van der Waals surface area contributed by atoms with Crippen LogP contribution in [0.3, 0.4) is 0 Å². The van der Waals surface area contributed by atoms with Crippen LogP contribution in [0.2, 0.25) is 0 Å². The zero-order chi connectivity index (χ0) is 14.2. The number of hydrogen-bond donors (Lipinski definition) is 2. The van der Waals surface area contributed by atoms with Gasteiger partial charge in [0, 0.05) is 18.1 Å². The molecule has 2 saturated heterocycles. The molecular formula is C13H14N4O3S. The van der Waals surface area contributed by atoms with Gasteiger partial charge in [-0.25, -0.2) is 0 Å². The lowest BCUT2D eigenvalue weighted by Gasteiger charge is -2.20. The lowest BCUT2D eigenvalue weighted by Crippen LogP contribution is -2.42. The van der Waals surface area contributed by atoms with Crippen LogP contribution in [0, 0.1) is 0 Å². The smallest absolute Gasteiger partial charge is 0.399 e. The van der Waals surface area contributed by atoms with E-state index >= 15 is 0 Å². The molecule has 0 radical (unpaired) electrons. The van der Waals surface area contributed by atoms with Crippen molar-refractivity contribution in [3.8, 4) is 11.1 Å². The summed E-state index contributed by atoms with van der Waals surface area (Å²) >= 11 is 1.26. The molecule has 2 aliphatic heterocycles. The van der Waals surface area contributed by atoms with Gasteiger partial charge in [0.15, 0.2) is 5.06 Å². The summed E-state index contributed by atoms with van der Waals surface area (Å²) in [5.41, 5.74) is 0. The Labute approximate surface area is 124 Å². The molecule has 2 fully saturated rings. The Kier molecular flexibility index (Phi) is 3.12. The lowest BCUT2D eigenvalue weighted by molar-refractivity contribution is 0.0935. The maximum Gasteiger partial charge on any atom is 0.420 e. The number of nitrogens with zero attached hydrogens (tertiary/aromatic N) is 2. The minimum atomic E-state index is -0.0558. The van der Waals surface area contributed by atoms with Crippen molar-refractivity contribution >= 4 is 17.2 Å². The van der Waals surface area contributed by atoms with Crippen molar-refractivity contribution in [2.24, 2.45) is 0 Å². The molecule has 2 aromatic heterocycles. The molecule has 0 saturated carbocycles. The number of nitrogens with one attached hydrogen (secondary N) is 2. The van der Waals surface area contributed by atoms with E-state index in [1.807, 2.05) is 0 Å². The zero-order valence-corrected chi connectivity index (χ0v) is 11.9. The molecule has 1 amide bonds. The Bertz CT molecular complexity index is 642. The second-order valence-electron chi connectivity index (χ2n) is 5.29. The van der Waals surface area contributed by atoms with E-state index in [9.17, 15) is 4.79 Å². The van der Waals surface area contributed by atoms with Crippen LogP contribution in [0.25, 0.3) is 0 Å². The van der Waals surface area contributed by atoms with E-state index in [0.29, 0.717) is 22.0 Å². The minimum Gasteiger partial charge on any atom is -0.399 e. The fraction of sp³-hybridized carbons (Fsp3) is 0.462. The van der Waals surface area contributed by atoms with Gasteiger partial charge >= 0.3 is 6.08 Å². The molecule has 110 valence electrons. The van der Waals surface area contributed by atoms with Crippen molar-refractivity contribution in [1.82, 2.24) is 20.8 Å². The van der Waals surface area contributed by atoms with E-state index < -0.39 is 0 Å². The Morgan fingerprint density at radius 1 is 1.48 bits per heavy atom. The summed E-state index contributed by atoms with van der Waals surface area (Å²) in [6.07, 6.45) is 4.65. The van der Waals surface area contributed by atoms with Crippen molar-refractivity contribution in [2.45, 2.75) is 37.4 Å². The number of amides is 1. The van der Waals surface area contributed by atoms with Gasteiger partial charge in [0.05, 0.1) is 4.88 Å². The third-order valence-electron chi connectivity index (χ3n) is 3.95. The van der Waals surface area contributed by atoms with Crippen LogP contribution in [0.15, 0.2) is 22.9 Å². The molecule has 0 spiro atoms. The van der Waals surface area contributed by atoms with Crippen LogP contribution in [0.1, 0.15) is 28.9 Å². The first kappa shape index (κ1) is 12.8. The predicted molar refractivity (Wildman–Crippen MR) is 74.5 cm³/mol. The number of carbonyl (C=O) groups is 1. The third-order valence-corrected chi connectivity index (χ3v) is 4.91. The van der Waals surface area contributed by atoms with Gasteiger partial charge in [-0.15, -0.1) is 5.10 Å². The number of carbonyl (C=O) groups excluding carboxylic acids is 1. The predicted octanol–water partition coefficient (Wildman–Crippen LogP) is 1.55. The van der Waals surface area contributed by atoms with E-state index in [1.165, 1.54) is 24.2 Å². The molecule has 2 bridgehead atoms. The quantitative estimate of drug-likeness (QED) is 0.891. The SMILES string of the molecule is O=C(N[C@@H]1C[C@H]2CC[C@@H]1N2)c1ccc(Oc2nnco2)s1. The molecule has 7 nitrogen and oxygen atoms in total. The van der Waals surface area contributed by atoms with Crippen LogP contribution in [-0.2, 0) is 0 Å². The van der Waals surface area contributed by atoms with Crippen molar-refractivity contribution in [3.63, 3.8) is 0 Å². The summed E-state index contributed by atoms with van der Waals surface area (Å²) in [5.74, 6) is -0.0558. The highest BCUT2D eigenvalue weighted by Crippen LogP contribution is 2.30. The van der Waals surface area contributed by atoms with Gasteiger partial charge in [-0.05, 0) is 31.4 Å².